The molecule has 0 spiro atoms. The molecule has 2 amide bonds. The van der Waals surface area contributed by atoms with Crippen LogP contribution in [-0.2, 0) is 27.5 Å². The summed E-state index contributed by atoms with van der Waals surface area (Å²) in [5, 5.41) is 34.0. The normalized spacial score (nSPS) is 26.6. The third kappa shape index (κ3) is 7.48. The number of hydrogen-bond acceptors (Lipinski definition) is 8. The molecule has 1 fully saturated rings. The minimum atomic E-state index is -1.29. The Labute approximate surface area is 275 Å². The van der Waals surface area contributed by atoms with Crippen molar-refractivity contribution in [3.05, 3.63) is 70.6 Å². The fourth-order valence-corrected chi connectivity index (χ4v) is 7.33. The highest BCUT2D eigenvalue weighted by molar-refractivity contribution is 5.96. The Morgan fingerprint density at radius 1 is 1.13 bits per heavy atom. The fourth-order valence-electron chi connectivity index (χ4n) is 7.33. The number of rotatable bonds is 12. The SMILES string of the molecule is COc1cc(CO)cc2c1OC1C2C(C(=O)NCCO)=CC(N(Cc2ccc(F)cc2)C(=O)COC2CC(C)CCC2C(C)C)C1O. The number of carbonyl (C=O) groups is 2. The van der Waals surface area contributed by atoms with Crippen LogP contribution in [0.2, 0.25) is 0 Å². The number of methoxy groups -OCH3 is 1. The Morgan fingerprint density at radius 2 is 1.87 bits per heavy atom. The Morgan fingerprint density at radius 3 is 2.53 bits per heavy atom. The molecule has 0 saturated heterocycles. The zero-order valence-corrected chi connectivity index (χ0v) is 27.5. The number of amides is 2. The van der Waals surface area contributed by atoms with Crippen molar-refractivity contribution in [1.82, 2.24) is 10.2 Å². The van der Waals surface area contributed by atoms with Crippen molar-refractivity contribution in [3.8, 4) is 11.5 Å². The Balaban J connectivity index is 1.52. The first-order valence-corrected chi connectivity index (χ1v) is 16.5. The molecule has 2 aromatic carbocycles. The molecule has 1 heterocycles. The second-order valence-corrected chi connectivity index (χ2v) is 13.3. The Bertz CT molecular complexity index is 1450. The Hall–Kier alpha value is -3.51. The number of aliphatic hydroxyl groups excluding tert-OH is 3. The van der Waals surface area contributed by atoms with Gasteiger partial charge in [-0.3, -0.25) is 9.59 Å². The molecular formula is C36H47FN2O8. The van der Waals surface area contributed by atoms with Crippen LogP contribution in [0, 0.1) is 23.6 Å². The lowest BCUT2D eigenvalue weighted by molar-refractivity contribution is -0.148. The van der Waals surface area contributed by atoms with Gasteiger partial charge in [0, 0.05) is 24.2 Å². The number of aliphatic hydroxyl groups is 3. The number of benzene rings is 2. The second kappa shape index (κ2) is 15.1. The second-order valence-electron chi connectivity index (χ2n) is 13.3. The van der Waals surface area contributed by atoms with Gasteiger partial charge in [-0.15, -0.1) is 0 Å². The first-order valence-electron chi connectivity index (χ1n) is 16.5. The lowest BCUT2D eigenvalue weighted by Gasteiger charge is -2.41. The molecule has 1 saturated carbocycles. The summed E-state index contributed by atoms with van der Waals surface area (Å²) in [7, 11) is 1.46. The summed E-state index contributed by atoms with van der Waals surface area (Å²) in [6.07, 6.45) is 2.21. The summed E-state index contributed by atoms with van der Waals surface area (Å²) in [6.45, 7) is 5.75. The van der Waals surface area contributed by atoms with E-state index in [9.17, 15) is 29.3 Å². The van der Waals surface area contributed by atoms with E-state index in [1.165, 1.54) is 24.1 Å². The van der Waals surface area contributed by atoms with E-state index in [4.69, 9.17) is 14.2 Å². The smallest absolute Gasteiger partial charge is 0.249 e. The number of nitrogens with zero attached hydrogens (tertiary/aromatic N) is 1. The molecule has 256 valence electrons. The zero-order valence-electron chi connectivity index (χ0n) is 27.5. The van der Waals surface area contributed by atoms with Crippen LogP contribution in [0.3, 0.4) is 0 Å². The minimum Gasteiger partial charge on any atom is -0.493 e. The maximum absolute atomic E-state index is 14.2. The summed E-state index contributed by atoms with van der Waals surface area (Å²) in [5.74, 6) is -0.178. The molecule has 10 nitrogen and oxygen atoms in total. The van der Waals surface area contributed by atoms with E-state index in [1.54, 1.807) is 30.3 Å². The van der Waals surface area contributed by atoms with Gasteiger partial charge < -0.3 is 39.7 Å². The summed E-state index contributed by atoms with van der Waals surface area (Å²) in [6, 6.07) is 8.10. The van der Waals surface area contributed by atoms with Crippen LogP contribution in [0.15, 0.2) is 48.0 Å². The van der Waals surface area contributed by atoms with E-state index in [0.29, 0.717) is 45.9 Å². The molecule has 5 rings (SSSR count). The van der Waals surface area contributed by atoms with Crippen molar-refractivity contribution in [1.29, 1.82) is 0 Å². The minimum absolute atomic E-state index is 0.00259. The summed E-state index contributed by atoms with van der Waals surface area (Å²) in [4.78, 5) is 29.3. The predicted octanol–water partition coefficient (Wildman–Crippen LogP) is 3.46. The topological polar surface area (TPSA) is 138 Å². The molecule has 4 N–H and O–H groups in total. The van der Waals surface area contributed by atoms with Gasteiger partial charge in [0.15, 0.2) is 11.5 Å². The molecule has 47 heavy (non-hydrogen) atoms. The van der Waals surface area contributed by atoms with Crippen LogP contribution in [0.1, 0.15) is 62.6 Å². The molecule has 1 aliphatic heterocycles. The van der Waals surface area contributed by atoms with Crippen LogP contribution in [-0.4, -0.2) is 83.3 Å². The highest BCUT2D eigenvalue weighted by atomic mass is 19.1. The van der Waals surface area contributed by atoms with Gasteiger partial charge in [0.25, 0.3) is 0 Å². The van der Waals surface area contributed by atoms with Gasteiger partial charge in [0.1, 0.15) is 24.6 Å². The van der Waals surface area contributed by atoms with Crippen molar-refractivity contribution < 1.29 is 43.5 Å². The van der Waals surface area contributed by atoms with Gasteiger partial charge in [-0.1, -0.05) is 39.3 Å². The van der Waals surface area contributed by atoms with Crippen molar-refractivity contribution >= 4 is 11.8 Å². The molecule has 3 aliphatic rings. The number of hydrogen-bond donors (Lipinski definition) is 4. The molecule has 0 radical (unpaired) electrons. The van der Waals surface area contributed by atoms with E-state index in [1.807, 2.05) is 0 Å². The number of nitrogens with one attached hydrogen (secondary N) is 1. The van der Waals surface area contributed by atoms with Gasteiger partial charge in [-0.05, 0) is 72.1 Å². The molecule has 2 aromatic rings. The lowest BCUT2D eigenvalue weighted by Crippen LogP contribution is -2.56. The van der Waals surface area contributed by atoms with Crippen LogP contribution >= 0.6 is 0 Å². The number of fused-ring (bicyclic) bond motifs is 3. The van der Waals surface area contributed by atoms with E-state index in [-0.39, 0.29) is 50.5 Å². The van der Waals surface area contributed by atoms with Crippen molar-refractivity contribution in [3.63, 3.8) is 0 Å². The average Bonchev–Trinajstić information content (AvgIpc) is 3.45. The van der Waals surface area contributed by atoms with Crippen molar-refractivity contribution in [2.24, 2.45) is 17.8 Å². The molecule has 7 unspecified atom stereocenters. The molecular weight excluding hydrogens is 607 g/mol. The van der Waals surface area contributed by atoms with Gasteiger partial charge in [0.05, 0.1) is 38.4 Å². The lowest BCUT2D eigenvalue weighted by atomic mass is 9.75. The molecule has 0 bridgehead atoms. The van der Waals surface area contributed by atoms with Gasteiger partial charge in [0.2, 0.25) is 11.8 Å². The van der Waals surface area contributed by atoms with E-state index < -0.39 is 35.9 Å². The highest BCUT2D eigenvalue weighted by Gasteiger charge is 2.51. The predicted molar refractivity (Wildman–Crippen MR) is 172 cm³/mol. The van der Waals surface area contributed by atoms with Crippen LogP contribution in [0.5, 0.6) is 11.5 Å². The van der Waals surface area contributed by atoms with Crippen LogP contribution in [0.4, 0.5) is 4.39 Å². The van der Waals surface area contributed by atoms with Gasteiger partial charge in [-0.2, -0.15) is 0 Å². The van der Waals surface area contributed by atoms with Crippen LogP contribution < -0.4 is 14.8 Å². The first kappa shape index (κ1) is 34.8. The molecule has 2 aliphatic carbocycles. The molecule has 11 heteroatoms. The van der Waals surface area contributed by atoms with Crippen molar-refractivity contribution in [2.75, 3.05) is 26.9 Å². The van der Waals surface area contributed by atoms with Gasteiger partial charge in [-0.25, -0.2) is 4.39 Å². The fraction of sp³-hybridized carbons (Fsp3) is 0.556. The van der Waals surface area contributed by atoms with Crippen molar-refractivity contribution in [2.45, 2.75) is 83.5 Å². The standard InChI is InChI=1S/C36H47FN2O8/c1-20(2)25-10-5-21(3)13-29(25)46-19-31(42)39(17-22-6-8-24(37)9-7-22)28-16-27(36(44)38-11-12-40)32-26-14-23(18-41)15-30(45-4)34(26)47-35(32)33(28)43/h6-9,14-16,20-21,25,28-29,32-33,35,40-41,43H,5,10-13,17-19H2,1-4H3,(H,38,44). The van der Waals surface area contributed by atoms with Crippen LogP contribution in [0.25, 0.3) is 0 Å². The van der Waals surface area contributed by atoms with E-state index in [2.05, 4.69) is 26.1 Å². The first-order chi connectivity index (χ1) is 22.6. The molecule has 0 aromatic heterocycles. The number of halogens is 1. The quantitative estimate of drug-likeness (QED) is 0.273. The summed E-state index contributed by atoms with van der Waals surface area (Å²) in [5.41, 5.74) is 1.98. The summed E-state index contributed by atoms with van der Waals surface area (Å²) < 4.78 is 32.0. The number of carbonyl (C=O) groups excluding carboxylic acids is 2. The Kier molecular flexibility index (Phi) is 11.2. The van der Waals surface area contributed by atoms with E-state index in [0.717, 1.165) is 19.3 Å². The number of ether oxygens (including phenoxy) is 3. The zero-order chi connectivity index (χ0) is 33.8. The average molecular weight is 655 g/mol. The maximum atomic E-state index is 14.2. The largest absolute Gasteiger partial charge is 0.493 e. The molecule has 7 atom stereocenters. The monoisotopic (exact) mass is 654 g/mol. The van der Waals surface area contributed by atoms with Gasteiger partial charge >= 0.3 is 0 Å². The van der Waals surface area contributed by atoms with E-state index >= 15 is 0 Å². The highest BCUT2D eigenvalue weighted by Crippen LogP contribution is 2.51. The summed E-state index contributed by atoms with van der Waals surface area (Å²) >= 11 is 0. The third-order valence-electron chi connectivity index (χ3n) is 9.82. The maximum Gasteiger partial charge on any atom is 0.249 e. The third-order valence-corrected chi connectivity index (χ3v) is 9.82.